The van der Waals surface area contributed by atoms with Gasteiger partial charge in [-0.25, -0.2) is 0 Å². The van der Waals surface area contributed by atoms with Gasteiger partial charge in [0.2, 0.25) is 0 Å². The topological polar surface area (TPSA) is 55.5 Å². The van der Waals surface area contributed by atoms with E-state index in [9.17, 15) is 13.2 Å². The first-order valence-corrected chi connectivity index (χ1v) is 4.98. The molecule has 1 fully saturated rings. The molecule has 1 saturated carbocycles. The van der Waals surface area contributed by atoms with Gasteiger partial charge in [-0.05, 0) is 12.8 Å². The largest absolute Gasteiger partial charge is 0.416 e. The minimum absolute atomic E-state index is 0.206. The minimum atomic E-state index is -4.62. The average Bonchev–Trinajstić information content (AvgIpc) is 2.62. The molecular formula is C9H16F3NO2. The van der Waals surface area contributed by atoms with Crippen molar-refractivity contribution in [1.29, 1.82) is 0 Å². The fourth-order valence-electron chi connectivity index (χ4n) is 1.78. The van der Waals surface area contributed by atoms with Crippen LogP contribution in [-0.2, 0) is 4.74 Å². The minimum Gasteiger partial charge on any atom is -0.382 e. The lowest BCUT2D eigenvalue weighted by atomic mass is 10.0. The number of ether oxygens (including phenoxy) is 1. The predicted molar refractivity (Wildman–Crippen MR) is 48.3 cm³/mol. The molecular weight excluding hydrogens is 211 g/mol. The van der Waals surface area contributed by atoms with Crippen LogP contribution in [0.25, 0.3) is 0 Å². The van der Waals surface area contributed by atoms with Crippen molar-refractivity contribution in [3.05, 3.63) is 0 Å². The zero-order chi connectivity index (χ0) is 11.5. The van der Waals surface area contributed by atoms with E-state index in [0.717, 1.165) is 12.8 Å². The second-order valence-electron chi connectivity index (χ2n) is 3.96. The highest BCUT2D eigenvalue weighted by Gasteiger charge is 2.41. The van der Waals surface area contributed by atoms with Gasteiger partial charge in [0.05, 0.1) is 12.2 Å². The summed E-state index contributed by atoms with van der Waals surface area (Å²) in [6.07, 6.45) is -3.85. The van der Waals surface area contributed by atoms with Crippen LogP contribution in [0.3, 0.4) is 0 Å². The summed E-state index contributed by atoms with van der Waals surface area (Å²) in [7, 11) is 0. The quantitative estimate of drug-likeness (QED) is 0.758. The van der Waals surface area contributed by atoms with Gasteiger partial charge in [0.25, 0.3) is 0 Å². The maximum absolute atomic E-state index is 12.0. The molecule has 6 heteroatoms. The lowest BCUT2D eigenvalue weighted by molar-refractivity contribution is -0.227. The molecule has 0 aromatic rings. The van der Waals surface area contributed by atoms with E-state index in [1.54, 1.807) is 0 Å². The van der Waals surface area contributed by atoms with Crippen molar-refractivity contribution in [3.63, 3.8) is 0 Å². The van der Waals surface area contributed by atoms with E-state index in [4.69, 9.17) is 15.6 Å². The summed E-state index contributed by atoms with van der Waals surface area (Å²) in [5.74, 6) is 0. The second kappa shape index (κ2) is 4.67. The fraction of sp³-hybridized carbons (Fsp3) is 1.00. The van der Waals surface area contributed by atoms with E-state index in [-0.39, 0.29) is 6.54 Å². The van der Waals surface area contributed by atoms with Crippen molar-refractivity contribution in [2.45, 2.75) is 43.6 Å². The Bertz CT molecular complexity index is 202. The molecule has 1 rings (SSSR count). The van der Waals surface area contributed by atoms with Gasteiger partial charge in [-0.15, -0.1) is 0 Å². The number of aliphatic hydroxyl groups is 1. The molecule has 15 heavy (non-hydrogen) atoms. The molecule has 0 aromatic carbocycles. The van der Waals surface area contributed by atoms with Gasteiger partial charge >= 0.3 is 6.18 Å². The van der Waals surface area contributed by atoms with Crippen LogP contribution in [0.15, 0.2) is 0 Å². The fourth-order valence-corrected chi connectivity index (χ4v) is 1.78. The smallest absolute Gasteiger partial charge is 0.382 e. The van der Waals surface area contributed by atoms with Crippen molar-refractivity contribution in [1.82, 2.24) is 0 Å². The van der Waals surface area contributed by atoms with Crippen molar-refractivity contribution in [2.24, 2.45) is 5.73 Å². The number of rotatable bonds is 4. The second-order valence-corrected chi connectivity index (χ2v) is 3.96. The summed E-state index contributed by atoms with van der Waals surface area (Å²) < 4.78 is 41.1. The van der Waals surface area contributed by atoms with Crippen LogP contribution in [0, 0.1) is 0 Å². The molecule has 0 radical (unpaired) electrons. The van der Waals surface area contributed by atoms with Crippen LogP contribution < -0.4 is 5.73 Å². The van der Waals surface area contributed by atoms with Crippen LogP contribution in [0.5, 0.6) is 0 Å². The standard InChI is InChI=1S/C9H16F3NO2/c10-9(11,12)7(14)5-15-8(6-13)3-1-2-4-8/h7,14H,1-6,13H2. The highest BCUT2D eigenvalue weighted by Crippen LogP contribution is 2.33. The van der Waals surface area contributed by atoms with Crippen LogP contribution >= 0.6 is 0 Å². The summed E-state index contributed by atoms with van der Waals surface area (Å²) in [5.41, 5.74) is 4.83. The number of hydrogen-bond donors (Lipinski definition) is 2. The predicted octanol–water partition coefficient (Wildman–Crippen LogP) is 1.20. The lowest BCUT2D eigenvalue weighted by Gasteiger charge is -2.29. The molecule has 0 saturated heterocycles. The SMILES string of the molecule is NCC1(OCC(O)C(F)(F)F)CCCC1. The van der Waals surface area contributed by atoms with Gasteiger partial charge < -0.3 is 15.6 Å². The van der Waals surface area contributed by atoms with E-state index < -0.39 is 24.5 Å². The summed E-state index contributed by atoms with van der Waals surface area (Å²) in [5, 5.41) is 8.77. The third kappa shape index (κ3) is 3.32. The van der Waals surface area contributed by atoms with Gasteiger partial charge in [-0.3, -0.25) is 0 Å². The molecule has 1 unspecified atom stereocenters. The monoisotopic (exact) mass is 227 g/mol. The highest BCUT2D eigenvalue weighted by atomic mass is 19.4. The van der Waals surface area contributed by atoms with E-state index in [1.165, 1.54) is 0 Å². The molecule has 3 N–H and O–H groups in total. The molecule has 0 spiro atoms. The number of halogens is 3. The lowest BCUT2D eigenvalue weighted by Crippen LogP contribution is -2.43. The third-order valence-corrected chi connectivity index (χ3v) is 2.81. The normalized spacial score (nSPS) is 23.0. The molecule has 0 aromatic heterocycles. The Hall–Kier alpha value is -0.330. The molecule has 90 valence electrons. The average molecular weight is 227 g/mol. The van der Waals surface area contributed by atoms with E-state index >= 15 is 0 Å². The van der Waals surface area contributed by atoms with Crippen LogP contribution in [-0.4, -0.2) is 36.1 Å². The van der Waals surface area contributed by atoms with Gasteiger partial charge in [-0.2, -0.15) is 13.2 Å². The van der Waals surface area contributed by atoms with E-state index in [1.807, 2.05) is 0 Å². The summed E-state index contributed by atoms with van der Waals surface area (Å²) in [6, 6.07) is 0. The molecule has 0 heterocycles. The van der Waals surface area contributed by atoms with Crippen LogP contribution in [0.1, 0.15) is 25.7 Å². The number of nitrogens with two attached hydrogens (primary N) is 1. The van der Waals surface area contributed by atoms with Crippen molar-refractivity contribution >= 4 is 0 Å². The Morgan fingerprint density at radius 3 is 2.27 bits per heavy atom. The summed E-state index contributed by atoms with van der Waals surface area (Å²) >= 11 is 0. The third-order valence-electron chi connectivity index (χ3n) is 2.81. The van der Waals surface area contributed by atoms with E-state index in [0.29, 0.717) is 12.8 Å². The zero-order valence-corrected chi connectivity index (χ0v) is 8.39. The first kappa shape index (κ1) is 12.7. The first-order valence-electron chi connectivity index (χ1n) is 4.98. The maximum Gasteiger partial charge on any atom is 0.416 e. The van der Waals surface area contributed by atoms with Crippen molar-refractivity contribution < 1.29 is 23.0 Å². The van der Waals surface area contributed by atoms with Gasteiger partial charge in [0, 0.05) is 6.54 Å². The molecule has 1 atom stereocenters. The Morgan fingerprint density at radius 1 is 1.33 bits per heavy atom. The number of alkyl halides is 3. The number of hydrogen-bond acceptors (Lipinski definition) is 3. The Morgan fingerprint density at radius 2 is 1.87 bits per heavy atom. The zero-order valence-electron chi connectivity index (χ0n) is 8.39. The van der Waals surface area contributed by atoms with Crippen molar-refractivity contribution in [2.75, 3.05) is 13.2 Å². The Kier molecular flexibility index (Phi) is 3.97. The van der Waals surface area contributed by atoms with Crippen LogP contribution in [0.4, 0.5) is 13.2 Å². The first-order chi connectivity index (χ1) is 6.90. The Labute approximate surface area is 86.4 Å². The van der Waals surface area contributed by atoms with Crippen LogP contribution in [0.2, 0.25) is 0 Å². The molecule has 0 amide bonds. The molecule has 0 aliphatic heterocycles. The molecule has 1 aliphatic rings. The Balaban J connectivity index is 2.41. The summed E-state index contributed by atoms with van der Waals surface area (Å²) in [4.78, 5) is 0. The number of aliphatic hydroxyl groups excluding tert-OH is 1. The van der Waals surface area contributed by atoms with E-state index in [2.05, 4.69) is 0 Å². The molecule has 0 bridgehead atoms. The van der Waals surface area contributed by atoms with Crippen molar-refractivity contribution in [3.8, 4) is 0 Å². The highest BCUT2D eigenvalue weighted by molar-refractivity contribution is 4.87. The van der Waals surface area contributed by atoms with Gasteiger partial charge in [0.15, 0.2) is 6.10 Å². The maximum atomic E-state index is 12.0. The molecule has 1 aliphatic carbocycles. The van der Waals surface area contributed by atoms with Gasteiger partial charge in [0.1, 0.15) is 0 Å². The van der Waals surface area contributed by atoms with Gasteiger partial charge in [-0.1, -0.05) is 12.8 Å². The summed E-state index contributed by atoms with van der Waals surface area (Å²) in [6.45, 7) is -0.516. The molecule has 3 nitrogen and oxygen atoms in total.